The molecule has 4 nitrogen and oxygen atoms in total. The maximum absolute atomic E-state index is 13.2. The Bertz CT molecular complexity index is 586. The number of halogens is 1. The third-order valence-corrected chi connectivity index (χ3v) is 2.06. The predicted octanol–water partition coefficient (Wildman–Crippen LogP) is 1.96. The predicted molar refractivity (Wildman–Crippen MR) is 56.0 cm³/mol. The van der Waals surface area contributed by atoms with E-state index in [2.05, 4.69) is 0 Å². The van der Waals surface area contributed by atoms with E-state index in [1.54, 1.807) is 12.1 Å². The van der Waals surface area contributed by atoms with Crippen LogP contribution in [-0.4, -0.2) is 11.1 Å². The van der Waals surface area contributed by atoms with Gasteiger partial charge >= 0.3 is 5.97 Å². The normalized spacial score (nSPS) is 11.9. The second kappa shape index (κ2) is 3.69. The van der Waals surface area contributed by atoms with Crippen molar-refractivity contribution >= 4 is 23.0 Å². The van der Waals surface area contributed by atoms with Crippen LogP contribution in [0.4, 0.5) is 4.39 Å². The largest absolute Gasteiger partial charge is 0.477 e. The summed E-state index contributed by atoms with van der Waals surface area (Å²) in [5, 5.41) is 9.12. The maximum Gasteiger partial charge on any atom is 0.351 e. The summed E-state index contributed by atoms with van der Waals surface area (Å²) in [6.45, 7) is 0. The first-order valence-electron chi connectivity index (χ1n) is 4.46. The molecule has 2 rings (SSSR count). The van der Waals surface area contributed by atoms with Crippen LogP contribution in [0.1, 0.15) is 5.76 Å². The Hall–Kier alpha value is -2.30. The molecule has 0 saturated heterocycles. The molecule has 3 N–H and O–H groups in total. The van der Waals surface area contributed by atoms with Crippen LogP contribution in [0.5, 0.6) is 0 Å². The third kappa shape index (κ3) is 1.75. The first kappa shape index (κ1) is 10.2. The Morgan fingerprint density at radius 2 is 2.25 bits per heavy atom. The number of para-hydroxylation sites is 1. The maximum atomic E-state index is 13.2. The summed E-state index contributed by atoms with van der Waals surface area (Å²) >= 11 is 0. The molecule has 2 aromatic rings. The van der Waals surface area contributed by atoms with Crippen LogP contribution in [0.3, 0.4) is 0 Å². The standard InChI is InChI=1S/C11H8FNO3/c12-8-3-1-2-6-4-7(16-10(6)8)5-9(13)11(14)15/h1-5H,13H2,(H,14,15)/b9-5+. The molecule has 0 atom stereocenters. The number of benzene rings is 1. The lowest BCUT2D eigenvalue weighted by atomic mass is 10.2. The number of carboxylic acids is 1. The van der Waals surface area contributed by atoms with Crippen LogP contribution in [0.25, 0.3) is 17.0 Å². The molecule has 0 aliphatic heterocycles. The molecule has 0 unspecified atom stereocenters. The number of aliphatic carboxylic acids is 1. The van der Waals surface area contributed by atoms with Crippen molar-refractivity contribution < 1.29 is 18.7 Å². The first-order valence-corrected chi connectivity index (χ1v) is 4.46. The summed E-state index contributed by atoms with van der Waals surface area (Å²) in [6.07, 6.45) is 1.14. The third-order valence-electron chi connectivity index (χ3n) is 2.06. The molecule has 1 heterocycles. The van der Waals surface area contributed by atoms with E-state index in [-0.39, 0.29) is 17.0 Å². The Morgan fingerprint density at radius 3 is 2.88 bits per heavy atom. The van der Waals surface area contributed by atoms with Crippen molar-refractivity contribution in [3.63, 3.8) is 0 Å². The van der Waals surface area contributed by atoms with Gasteiger partial charge in [-0.3, -0.25) is 0 Å². The molecule has 5 heteroatoms. The van der Waals surface area contributed by atoms with Gasteiger partial charge in [-0.2, -0.15) is 0 Å². The monoisotopic (exact) mass is 221 g/mol. The number of furan rings is 1. The van der Waals surface area contributed by atoms with Gasteiger partial charge in [-0.05, 0) is 12.1 Å². The van der Waals surface area contributed by atoms with E-state index >= 15 is 0 Å². The van der Waals surface area contributed by atoms with Gasteiger partial charge in [-0.25, -0.2) is 9.18 Å². The van der Waals surface area contributed by atoms with Crippen LogP contribution in [0.15, 0.2) is 34.4 Å². The number of hydrogen-bond donors (Lipinski definition) is 2. The van der Waals surface area contributed by atoms with E-state index in [0.29, 0.717) is 5.39 Å². The Balaban J connectivity index is 2.52. The molecule has 0 radical (unpaired) electrons. The summed E-state index contributed by atoms with van der Waals surface area (Å²) in [5.74, 6) is -1.54. The van der Waals surface area contributed by atoms with Gasteiger partial charge < -0.3 is 15.3 Å². The molecular weight excluding hydrogens is 213 g/mol. The molecule has 0 fully saturated rings. The molecular formula is C11H8FNO3. The van der Waals surface area contributed by atoms with E-state index in [1.165, 1.54) is 12.1 Å². The molecule has 0 amide bonds. The lowest BCUT2D eigenvalue weighted by molar-refractivity contribution is -0.132. The van der Waals surface area contributed by atoms with Crippen molar-refractivity contribution in [2.24, 2.45) is 5.73 Å². The van der Waals surface area contributed by atoms with Crippen LogP contribution < -0.4 is 5.73 Å². The number of fused-ring (bicyclic) bond motifs is 1. The molecule has 1 aromatic carbocycles. The zero-order chi connectivity index (χ0) is 11.7. The molecule has 1 aromatic heterocycles. The molecule has 0 aliphatic rings. The second-order valence-corrected chi connectivity index (χ2v) is 3.21. The topological polar surface area (TPSA) is 76.5 Å². The zero-order valence-corrected chi connectivity index (χ0v) is 8.11. The Kier molecular flexibility index (Phi) is 2.36. The first-order chi connectivity index (χ1) is 7.58. The fraction of sp³-hybridized carbons (Fsp3) is 0. The second-order valence-electron chi connectivity index (χ2n) is 3.21. The molecule has 16 heavy (non-hydrogen) atoms. The molecule has 82 valence electrons. The minimum absolute atomic E-state index is 0.0898. The van der Waals surface area contributed by atoms with Gasteiger partial charge in [0.2, 0.25) is 0 Å². The minimum Gasteiger partial charge on any atom is -0.477 e. The lowest BCUT2D eigenvalue weighted by Crippen LogP contribution is -2.08. The van der Waals surface area contributed by atoms with Crippen molar-refractivity contribution in [2.45, 2.75) is 0 Å². The van der Waals surface area contributed by atoms with E-state index < -0.39 is 11.8 Å². The summed E-state index contributed by atoms with van der Waals surface area (Å²) in [5.41, 5.74) is 4.94. The number of rotatable bonds is 2. The highest BCUT2D eigenvalue weighted by Gasteiger charge is 2.08. The summed E-state index contributed by atoms with van der Waals surface area (Å²) in [6, 6.07) is 5.99. The average Bonchev–Trinajstić information content (AvgIpc) is 2.61. The fourth-order valence-corrected chi connectivity index (χ4v) is 1.33. The molecule has 0 saturated carbocycles. The van der Waals surface area contributed by atoms with Gasteiger partial charge in [-0.1, -0.05) is 12.1 Å². The smallest absolute Gasteiger partial charge is 0.351 e. The highest BCUT2D eigenvalue weighted by Crippen LogP contribution is 2.23. The van der Waals surface area contributed by atoms with Crippen molar-refractivity contribution in [2.75, 3.05) is 0 Å². The van der Waals surface area contributed by atoms with Crippen LogP contribution in [0.2, 0.25) is 0 Å². The summed E-state index contributed by atoms with van der Waals surface area (Å²) in [4.78, 5) is 10.5. The highest BCUT2D eigenvalue weighted by molar-refractivity contribution is 5.91. The van der Waals surface area contributed by atoms with E-state index in [0.717, 1.165) is 6.08 Å². The van der Waals surface area contributed by atoms with Crippen LogP contribution in [0, 0.1) is 5.82 Å². The number of nitrogens with two attached hydrogens (primary N) is 1. The van der Waals surface area contributed by atoms with Gasteiger partial charge in [-0.15, -0.1) is 0 Å². The Morgan fingerprint density at radius 1 is 1.50 bits per heavy atom. The van der Waals surface area contributed by atoms with Crippen LogP contribution >= 0.6 is 0 Å². The van der Waals surface area contributed by atoms with Gasteiger partial charge in [0, 0.05) is 11.5 Å². The number of hydrogen-bond acceptors (Lipinski definition) is 3. The number of carbonyl (C=O) groups is 1. The van der Waals surface area contributed by atoms with Gasteiger partial charge in [0.05, 0.1) is 0 Å². The summed E-state index contributed by atoms with van der Waals surface area (Å²) in [7, 11) is 0. The van der Waals surface area contributed by atoms with Crippen LogP contribution in [-0.2, 0) is 4.79 Å². The highest BCUT2D eigenvalue weighted by atomic mass is 19.1. The van der Waals surface area contributed by atoms with Crippen molar-refractivity contribution in [3.8, 4) is 0 Å². The fourth-order valence-electron chi connectivity index (χ4n) is 1.33. The minimum atomic E-state index is -1.25. The van der Waals surface area contributed by atoms with Gasteiger partial charge in [0.15, 0.2) is 11.4 Å². The average molecular weight is 221 g/mol. The Labute approximate surface area is 89.8 Å². The molecule has 0 aliphatic carbocycles. The van der Waals surface area contributed by atoms with E-state index in [4.69, 9.17) is 15.3 Å². The molecule has 0 bridgehead atoms. The number of carboxylic acid groups (broad SMARTS) is 1. The van der Waals surface area contributed by atoms with Gasteiger partial charge in [0.25, 0.3) is 0 Å². The molecule has 0 spiro atoms. The quantitative estimate of drug-likeness (QED) is 0.760. The lowest BCUT2D eigenvalue weighted by Gasteiger charge is -1.90. The van der Waals surface area contributed by atoms with Crippen molar-refractivity contribution in [3.05, 3.63) is 41.5 Å². The van der Waals surface area contributed by atoms with E-state index in [9.17, 15) is 9.18 Å². The SMILES string of the molecule is N/C(=C/c1cc2cccc(F)c2o1)C(=O)O. The van der Waals surface area contributed by atoms with Crippen molar-refractivity contribution in [1.29, 1.82) is 0 Å². The van der Waals surface area contributed by atoms with E-state index in [1.807, 2.05) is 0 Å². The summed E-state index contributed by atoms with van der Waals surface area (Å²) < 4.78 is 18.4. The zero-order valence-electron chi connectivity index (χ0n) is 8.11. The van der Waals surface area contributed by atoms with Crippen molar-refractivity contribution in [1.82, 2.24) is 0 Å². The van der Waals surface area contributed by atoms with Gasteiger partial charge in [0.1, 0.15) is 11.5 Å².